The van der Waals surface area contributed by atoms with E-state index in [4.69, 9.17) is 16.3 Å². The van der Waals surface area contributed by atoms with Crippen molar-refractivity contribution in [3.05, 3.63) is 102 Å². The van der Waals surface area contributed by atoms with E-state index in [1.54, 1.807) is 78.3 Å². The van der Waals surface area contributed by atoms with Crippen LogP contribution < -0.4 is 16.0 Å². The van der Waals surface area contributed by atoms with Crippen LogP contribution in [0.2, 0.25) is 5.02 Å². The molecule has 0 N–H and O–H groups in total. The Labute approximate surface area is 232 Å². The van der Waals surface area contributed by atoms with E-state index in [2.05, 4.69) is 10.2 Å². The number of ether oxygens (including phenoxy) is 1. The lowest BCUT2D eigenvalue weighted by Gasteiger charge is -2.15. The molecule has 5 rings (SSSR count). The third-order valence-corrected chi connectivity index (χ3v) is 7.04. The van der Waals surface area contributed by atoms with Gasteiger partial charge in [-0.3, -0.25) is 18.8 Å². The topological polar surface area (TPSA) is 123 Å². The van der Waals surface area contributed by atoms with Gasteiger partial charge in [-0.15, -0.1) is 0 Å². The Morgan fingerprint density at radius 1 is 0.925 bits per heavy atom. The van der Waals surface area contributed by atoms with Crippen LogP contribution in [0, 0.1) is 20.8 Å². The van der Waals surface area contributed by atoms with Crippen molar-refractivity contribution in [2.45, 2.75) is 20.8 Å². The molecule has 0 aliphatic heterocycles. The van der Waals surface area contributed by atoms with Crippen molar-refractivity contribution < 1.29 is 14.3 Å². The smallest absolute Gasteiger partial charge is 0.363 e. The van der Waals surface area contributed by atoms with E-state index in [1.165, 1.54) is 20.0 Å². The molecule has 3 heterocycles. The largest absolute Gasteiger partial charge is 0.402 e. The minimum absolute atomic E-state index is 0.0392. The first-order chi connectivity index (χ1) is 18.9. The van der Waals surface area contributed by atoms with Crippen molar-refractivity contribution >= 4 is 34.3 Å². The predicted molar refractivity (Wildman–Crippen MR) is 149 cm³/mol. The zero-order chi connectivity index (χ0) is 29.0. The summed E-state index contributed by atoms with van der Waals surface area (Å²) in [4.78, 5) is 53.8. The van der Waals surface area contributed by atoms with Crippen LogP contribution in [0.3, 0.4) is 0 Å². The second kappa shape index (κ2) is 9.76. The number of esters is 1. The Balaban J connectivity index is 1.67. The Morgan fingerprint density at radius 3 is 2.30 bits per heavy atom. The van der Waals surface area contributed by atoms with Crippen molar-refractivity contribution in [2.24, 2.45) is 21.1 Å². The molecule has 3 aromatic heterocycles. The summed E-state index contributed by atoms with van der Waals surface area (Å²) >= 11 is 6.12. The number of aryl methyl sites for hydroxylation is 6. The minimum atomic E-state index is -0.699. The fourth-order valence-corrected chi connectivity index (χ4v) is 5.06. The van der Waals surface area contributed by atoms with E-state index in [-0.39, 0.29) is 28.1 Å². The average molecular weight is 561 g/mol. The van der Waals surface area contributed by atoms with E-state index >= 15 is 0 Å². The molecule has 0 saturated carbocycles. The van der Waals surface area contributed by atoms with Gasteiger partial charge in [-0.1, -0.05) is 17.7 Å². The molecule has 0 fully saturated rings. The molecule has 12 heteroatoms. The van der Waals surface area contributed by atoms with Crippen LogP contribution in [0.4, 0.5) is 0 Å². The fourth-order valence-electron chi connectivity index (χ4n) is 4.88. The van der Waals surface area contributed by atoms with Gasteiger partial charge in [0.2, 0.25) is 11.7 Å². The number of rotatable bonds is 5. The second-order valence-electron chi connectivity index (χ2n) is 9.50. The van der Waals surface area contributed by atoms with Gasteiger partial charge in [0.1, 0.15) is 11.3 Å². The standard InChI is InChI=1S/C28H25ClN6O5/c1-14-12-21(33(5)30-14)27(38)40-26-23(16(3)31-34(26)6)24(36)19-10-11-20-22(15(19)2)25(37)35(28(39)32(20)4)18-9-7-8-17(29)13-18/h7-13H,1-6H3. The lowest BCUT2D eigenvalue weighted by atomic mass is 9.96. The van der Waals surface area contributed by atoms with Crippen molar-refractivity contribution in [1.82, 2.24) is 28.7 Å². The molecule has 2 aromatic carbocycles. The average Bonchev–Trinajstić information content (AvgIpc) is 3.38. The molecule has 5 aromatic rings. The van der Waals surface area contributed by atoms with Crippen LogP contribution in [0.15, 0.2) is 52.1 Å². The SMILES string of the molecule is Cc1cc(C(=O)Oc2c(C(=O)c3ccc4c(c3C)c(=O)n(-c3cccc(Cl)c3)c(=O)n4C)c(C)nn2C)n(C)n1. The Morgan fingerprint density at radius 2 is 1.65 bits per heavy atom. The van der Waals surface area contributed by atoms with Crippen molar-refractivity contribution in [2.75, 3.05) is 0 Å². The van der Waals surface area contributed by atoms with Crippen molar-refractivity contribution in [1.29, 1.82) is 0 Å². The predicted octanol–water partition coefficient (Wildman–Crippen LogP) is 3.19. The molecule has 0 aliphatic rings. The van der Waals surface area contributed by atoms with Crippen LogP contribution >= 0.6 is 11.6 Å². The second-order valence-corrected chi connectivity index (χ2v) is 9.93. The van der Waals surface area contributed by atoms with Gasteiger partial charge in [0.05, 0.1) is 28.0 Å². The Kier molecular flexibility index (Phi) is 6.54. The molecule has 0 radical (unpaired) electrons. The van der Waals surface area contributed by atoms with Gasteiger partial charge in [-0.25, -0.2) is 18.8 Å². The highest BCUT2D eigenvalue weighted by molar-refractivity contribution is 6.30. The summed E-state index contributed by atoms with van der Waals surface area (Å²) in [6.07, 6.45) is 0. The number of halogens is 1. The number of hydrogen-bond acceptors (Lipinski definition) is 7. The van der Waals surface area contributed by atoms with Crippen LogP contribution in [0.25, 0.3) is 16.6 Å². The van der Waals surface area contributed by atoms with Crippen molar-refractivity contribution in [3.63, 3.8) is 0 Å². The molecule has 0 amide bonds. The van der Waals surface area contributed by atoms with Crippen LogP contribution in [-0.2, 0) is 21.1 Å². The molecule has 204 valence electrons. The zero-order valence-corrected chi connectivity index (χ0v) is 23.4. The fraction of sp³-hybridized carbons (Fsp3) is 0.214. The minimum Gasteiger partial charge on any atom is -0.402 e. The summed E-state index contributed by atoms with van der Waals surface area (Å²) < 4.78 is 10.7. The Bertz CT molecular complexity index is 2000. The molecule has 40 heavy (non-hydrogen) atoms. The number of nitrogens with zero attached hydrogens (tertiary/aromatic N) is 6. The summed E-state index contributed by atoms with van der Waals surface area (Å²) in [5.74, 6) is -1.23. The van der Waals surface area contributed by atoms with E-state index in [0.717, 1.165) is 4.57 Å². The lowest BCUT2D eigenvalue weighted by Crippen LogP contribution is -2.38. The number of carbonyl (C=O) groups excluding carboxylic acids is 2. The maximum Gasteiger partial charge on any atom is 0.363 e. The summed E-state index contributed by atoms with van der Waals surface area (Å²) in [5.41, 5.74) is 1.35. The molecule has 11 nitrogen and oxygen atoms in total. The van der Waals surface area contributed by atoms with E-state index < -0.39 is 23.0 Å². The van der Waals surface area contributed by atoms with Crippen LogP contribution in [0.5, 0.6) is 5.88 Å². The van der Waals surface area contributed by atoms with Gasteiger partial charge in [-0.05, 0) is 62.7 Å². The number of fused-ring (bicyclic) bond motifs is 1. The van der Waals surface area contributed by atoms with Gasteiger partial charge in [-0.2, -0.15) is 10.2 Å². The molecule has 0 saturated heterocycles. The summed E-state index contributed by atoms with van der Waals surface area (Å²) in [7, 11) is 4.73. The van der Waals surface area contributed by atoms with E-state index in [1.807, 2.05) is 0 Å². The number of hydrogen-bond donors (Lipinski definition) is 0. The normalized spacial score (nSPS) is 11.3. The number of benzene rings is 2. The number of ketones is 1. The molecule has 0 aliphatic carbocycles. The third kappa shape index (κ3) is 4.24. The van der Waals surface area contributed by atoms with E-state index in [0.29, 0.717) is 33.2 Å². The summed E-state index contributed by atoms with van der Waals surface area (Å²) in [5, 5.41) is 9.02. The van der Waals surface area contributed by atoms with Gasteiger partial charge < -0.3 is 4.74 Å². The maximum atomic E-state index is 14.0. The summed E-state index contributed by atoms with van der Waals surface area (Å²) in [6.45, 7) is 5.02. The van der Waals surface area contributed by atoms with Crippen LogP contribution in [0.1, 0.15) is 43.4 Å². The highest BCUT2D eigenvalue weighted by Gasteiger charge is 2.28. The molecule has 0 bridgehead atoms. The molecule has 0 spiro atoms. The maximum absolute atomic E-state index is 14.0. The first-order valence-electron chi connectivity index (χ1n) is 12.2. The molecular weight excluding hydrogens is 536 g/mol. The third-order valence-electron chi connectivity index (χ3n) is 6.81. The Hall–Kier alpha value is -4.77. The number of aromatic nitrogens is 6. The quantitative estimate of drug-likeness (QED) is 0.239. The van der Waals surface area contributed by atoms with E-state index in [9.17, 15) is 19.2 Å². The van der Waals surface area contributed by atoms with Gasteiger partial charge in [0.15, 0.2) is 0 Å². The monoisotopic (exact) mass is 560 g/mol. The highest BCUT2D eigenvalue weighted by atomic mass is 35.5. The van der Waals surface area contributed by atoms with Gasteiger partial charge >= 0.3 is 11.7 Å². The van der Waals surface area contributed by atoms with Crippen molar-refractivity contribution in [3.8, 4) is 11.6 Å². The van der Waals surface area contributed by atoms with Gasteiger partial charge in [0, 0.05) is 31.7 Å². The molecule has 0 atom stereocenters. The zero-order valence-electron chi connectivity index (χ0n) is 22.6. The first-order valence-corrected chi connectivity index (χ1v) is 12.6. The van der Waals surface area contributed by atoms with Gasteiger partial charge in [0.25, 0.3) is 5.56 Å². The molecular formula is C28H25ClN6O5. The first kappa shape index (κ1) is 26.8. The highest BCUT2D eigenvalue weighted by Crippen LogP contribution is 2.29. The van der Waals surface area contributed by atoms with Crippen LogP contribution in [-0.4, -0.2) is 40.4 Å². The summed E-state index contributed by atoms with van der Waals surface area (Å²) in [6, 6.07) is 11.1. The number of carbonyl (C=O) groups is 2. The molecule has 0 unspecified atom stereocenters. The lowest BCUT2D eigenvalue weighted by molar-refractivity contribution is 0.0706.